The lowest BCUT2D eigenvalue weighted by atomic mass is 10.2. The fourth-order valence-electron chi connectivity index (χ4n) is 3.37. The molecule has 0 spiro atoms. The van der Waals surface area contributed by atoms with Gasteiger partial charge in [0.25, 0.3) is 5.91 Å². The summed E-state index contributed by atoms with van der Waals surface area (Å²) in [6, 6.07) is 13.8. The highest BCUT2D eigenvalue weighted by Crippen LogP contribution is 2.23. The van der Waals surface area contributed by atoms with Crippen LogP contribution in [0.5, 0.6) is 0 Å². The summed E-state index contributed by atoms with van der Waals surface area (Å²) < 4.78 is 3.63. The number of hydrogen-bond acceptors (Lipinski definition) is 4. The molecular formula is C19H22N6O. The Hall–Kier alpha value is -3.09. The van der Waals surface area contributed by atoms with Gasteiger partial charge in [-0.2, -0.15) is 10.2 Å². The Morgan fingerprint density at radius 1 is 1.19 bits per heavy atom. The molecule has 0 aliphatic carbocycles. The first-order chi connectivity index (χ1) is 12.6. The molecule has 2 aromatic heterocycles. The average molecular weight is 350 g/mol. The van der Waals surface area contributed by atoms with Crippen LogP contribution >= 0.6 is 0 Å². The highest BCUT2D eigenvalue weighted by molar-refractivity contribution is 6.00. The fourth-order valence-corrected chi connectivity index (χ4v) is 3.37. The molecule has 1 N–H and O–H groups in total. The zero-order valence-electron chi connectivity index (χ0n) is 15.0. The van der Waals surface area contributed by atoms with Crippen LogP contribution in [0.25, 0.3) is 0 Å². The van der Waals surface area contributed by atoms with Gasteiger partial charge in [0.05, 0.1) is 12.2 Å². The van der Waals surface area contributed by atoms with Crippen LogP contribution in [-0.4, -0.2) is 38.1 Å². The van der Waals surface area contributed by atoms with Crippen molar-refractivity contribution < 1.29 is 4.79 Å². The number of aromatic nitrogens is 4. The van der Waals surface area contributed by atoms with Crippen molar-refractivity contribution in [2.45, 2.75) is 25.9 Å². The molecule has 3 heterocycles. The van der Waals surface area contributed by atoms with Gasteiger partial charge in [0.1, 0.15) is 17.7 Å². The number of nitrogens with zero attached hydrogens (tertiary/aromatic N) is 5. The minimum absolute atomic E-state index is 0.0607. The van der Waals surface area contributed by atoms with Gasteiger partial charge in [-0.3, -0.25) is 19.1 Å². The van der Waals surface area contributed by atoms with Crippen molar-refractivity contribution in [2.24, 2.45) is 7.05 Å². The van der Waals surface area contributed by atoms with E-state index in [1.807, 2.05) is 55.2 Å². The Bertz CT molecular complexity index is 913. The maximum atomic E-state index is 12.8. The van der Waals surface area contributed by atoms with Crippen molar-refractivity contribution in [3.05, 3.63) is 59.9 Å². The third kappa shape index (κ3) is 3.20. The molecule has 1 aliphatic rings. The zero-order valence-corrected chi connectivity index (χ0v) is 15.0. The topological polar surface area (TPSA) is 68.0 Å². The fraction of sp³-hybridized carbons (Fsp3) is 0.316. The van der Waals surface area contributed by atoms with Crippen LogP contribution in [-0.2, 0) is 18.4 Å². The highest BCUT2D eigenvalue weighted by atomic mass is 16.2. The number of aryl methyl sites for hydroxylation is 2. The van der Waals surface area contributed by atoms with E-state index < -0.39 is 0 Å². The molecule has 1 saturated heterocycles. The highest BCUT2D eigenvalue weighted by Gasteiger charge is 2.34. The number of rotatable bonds is 5. The van der Waals surface area contributed by atoms with Gasteiger partial charge < -0.3 is 5.32 Å². The van der Waals surface area contributed by atoms with E-state index in [0.717, 1.165) is 23.8 Å². The van der Waals surface area contributed by atoms with Crippen molar-refractivity contribution in [3.8, 4) is 0 Å². The first kappa shape index (κ1) is 16.4. The second kappa shape index (κ2) is 6.67. The summed E-state index contributed by atoms with van der Waals surface area (Å²) in [5.74, 6) is 1.62. The Labute approximate surface area is 152 Å². The van der Waals surface area contributed by atoms with Crippen LogP contribution in [0.3, 0.4) is 0 Å². The van der Waals surface area contributed by atoms with E-state index in [4.69, 9.17) is 0 Å². The average Bonchev–Trinajstić information content (AvgIpc) is 3.30. The lowest BCUT2D eigenvalue weighted by molar-refractivity contribution is -0.117. The number of carbonyl (C=O) groups excluding carboxylic acids is 1. The number of hydrogen-bond donors (Lipinski definition) is 1. The summed E-state index contributed by atoms with van der Waals surface area (Å²) in [4.78, 5) is 14.5. The molecule has 0 bridgehead atoms. The third-order valence-electron chi connectivity index (χ3n) is 4.61. The van der Waals surface area contributed by atoms with Crippen LogP contribution in [0.2, 0.25) is 0 Å². The third-order valence-corrected chi connectivity index (χ3v) is 4.61. The Morgan fingerprint density at radius 3 is 2.73 bits per heavy atom. The summed E-state index contributed by atoms with van der Waals surface area (Å²) in [6.45, 7) is 3.32. The van der Waals surface area contributed by atoms with Crippen LogP contribution in [0.1, 0.15) is 17.7 Å². The first-order valence-corrected chi connectivity index (χ1v) is 8.76. The van der Waals surface area contributed by atoms with Crippen molar-refractivity contribution in [1.82, 2.24) is 19.6 Å². The minimum Gasteiger partial charge on any atom is -0.357 e. The number of benzene rings is 1. The predicted octanol–water partition coefficient (Wildman–Crippen LogP) is 2.19. The summed E-state index contributed by atoms with van der Waals surface area (Å²) in [7, 11) is 1.86. The molecule has 7 nitrogen and oxygen atoms in total. The SMILES string of the molecule is Cc1cc(N2CCC(Nc3ccn(Cc4ccccc4)n3)C2=O)n(C)n1. The standard InChI is InChI=1S/C19H22N6O/c1-14-12-18(23(2)21-14)25-11-8-16(19(25)26)20-17-9-10-24(22-17)13-15-6-4-3-5-7-15/h3-7,9-10,12,16H,8,11,13H2,1-2H3,(H,20,22). The van der Waals surface area contributed by atoms with Gasteiger partial charge >= 0.3 is 0 Å². The molecule has 7 heteroatoms. The number of anilines is 2. The summed E-state index contributed by atoms with van der Waals surface area (Å²) in [5.41, 5.74) is 2.10. The van der Waals surface area contributed by atoms with Crippen molar-refractivity contribution in [1.29, 1.82) is 0 Å². The van der Waals surface area contributed by atoms with Gasteiger partial charge in [0, 0.05) is 31.9 Å². The van der Waals surface area contributed by atoms with Gasteiger partial charge in [0.15, 0.2) is 0 Å². The second-order valence-electron chi connectivity index (χ2n) is 6.63. The molecule has 3 aromatic rings. The zero-order chi connectivity index (χ0) is 18.1. The minimum atomic E-state index is -0.259. The second-order valence-corrected chi connectivity index (χ2v) is 6.63. The molecular weight excluding hydrogens is 328 g/mol. The molecule has 0 radical (unpaired) electrons. The summed E-state index contributed by atoms with van der Waals surface area (Å²) in [6.07, 6.45) is 2.67. The summed E-state index contributed by atoms with van der Waals surface area (Å²) in [5, 5.41) is 12.1. The van der Waals surface area contributed by atoms with Gasteiger partial charge in [0.2, 0.25) is 0 Å². The molecule has 1 fully saturated rings. The molecule has 1 aliphatic heterocycles. The lowest BCUT2D eigenvalue weighted by Crippen LogP contribution is -2.34. The predicted molar refractivity (Wildman–Crippen MR) is 100 cm³/mol. The normalized spacial score (nSPS) is 17.1. The van der Waals surface area contributed by atoms with Gasteiger partial charge in [-0.05, 0) is 18.9 Å². The molecule has 134 valence electrons. The van der Waals surface area contributed by atoms with Gasteiger partial charge in [-0.25, -0.2) is 0 Å². The monoisotopic (exact) mass is 350 g/mol. The van der Waals surface area contributed by atoms with Crippen LogP contribution in [0, 0.1) is 6.92 Å². The summed E-state index contributed by atoms with van der Waals surface area (Å²) >= 11 is 0. The first-order valence-electron chi connectivity index (χ1n) is 8.76. The molecule has 1 unspecified atom stereocenters. The number of carbonyl (C=O) groups is 1. The molecule has 1 amide bonds. The van der Waals surface area contributed by atoms with Crippen LogP contribution < -0.4 is 10.2 Å². The van der Waals surface area contributed by atoms with E-state index >= 15 is 0 Å². The molecule has 0 saturated carbocycles. The van der Waals surface area contributed by atoms with Gasteiger partial charge in [-0.15, -0.1) is 0 Å². The largest absolute Gasteiger partial charge is 0.357 e. The Kier molecular flexibility index (Phi) is 4.20. The van der Waals surface area contributed by atoms with E-state index in [1.54, 1.807) is 9.58 Å². The lowest BCUT2D eigenvalue weighted by Gasteiger charge is -2.16. The molecule has 1 aromatic carbocycles. The molecule has 26 heavy (non-hydrogen) atoms. The van der Waals surface area contributed by atoms with E-state index in [0.29, 0.717) is 13.1 Å². The van der Waals surface area contributed by atoms with Crippen molar-refractivity contribution in [2.75, 3.05) is 16.8 Å². The Balaban J connectivity index is 1.42. The van der Waals surface area contributed by atoms with E-state index in [9.17, 15) is 4.79 Å². The molecule has 1 atom stereocenters. The number of amides is 1. The van der Waals surface area contributed by atoms with E-state index in [1.165, 1.54) is 5.56 Å². The maximum Gasteiger partial charge on any atom is 0.250 e. The molecule has 4 rings (SSSR count). The Morgan fingerprint density at radius 2 is 2.00 bits per heavy atom. The number of nitrogens with one attached hydrogen (secondary N) is 1. The van der Waals surface area contributed by atoms with E-state index in [2.05, 4.69) is 27.6 Å². The van der Waals surface area contributed by atoms with Gasteiger partial charge in [-0.1, -0.05) is 30.3 Å². The smallest absolute Gasteiger partial charge is 0.250 e. The quantitative estimate of drug-likeness (QED) is 0.766. The van der Waals surface area contributed by atoms with E-state index in [-0.39, 0.29) is 11.9 Å². The van der Waals surface area contributed by atoms with Crippen LogP contribution in [0.4, 0.5) is 11.6 Å². The van der Waals surface area contributed by atoms with Crippen molar-refractivity contribution in [3.63, 3.8) is 0 Å². The van der Waals surface area contributed by atoms with Crippen LogP contribution in [0.15, 0.2) is 48.7 Å². The van der Waals surface area contributed by atoms with Crippen molar-refractivity contribution >= 4 is 17.5 Å². The maximum absolute atomic E-state index is 12.8.